The largest absolute Gasteiger partial charge is 0.416 e. The number of carbonyl (C=O) groups is 1. The normalized spacial score (nSPS) is 12.1. The Kier molecular flexibility index (Phi) is 5.72. The van der Waals surface area contributed by atoms with Gasteiger partial charge in [0.05, 0.1) is 22.4 Å². The molecule has 3 rings (SSSR count). The maximum absolute atomic E-state index is 12.2. The van der Waals surface area contributed by atoms with Gasteiger partial charge in [0.1, 0.15) is 0 Å². The Morgan fingerprint density at radius 1 is 1.36 bits per heavy atom. The van der Waals surface area contributed by atoms with Crippen LogP contribution in [0.2, 0.25) is 5.02 Å². The van der Waals surface area contributed by atoms with E-state index in [0.29, 0.717) is 28.2 Å². The summed E-state index contributed by atoms with van der Waals surface area (Å²) in [6.45, 7) is 3.73. The Bertz CT molecular complexity index is 863. The van der Waals surface area contributed by atoms with Crippen LogP contribution in [0.5, 0.6) is 0 Å². The maximum Gasteiger partial charge on any atom is 0.277 e. The minimum atomic E-state index is -0.384. The van der Waals surface area contributed by atoms with Crippen LogP contribution in [0, 0.1) is 6.92 Å². The molecule has 0 aliphatic heterocycles. The van der Waals surface area contributed by atoms with E-state index in [9.17, 15) is 4.79 Å². The van der Waals surface area contributed by atoms with Gasteiger partial charge in [0.15, 0.2) is 0 Å². The number of aryl methyl sites for hydroxylation is 1. The van der Waals surface area contributed by atoms with Crippen LogP contribution in [-0.4, -0.2) is 26.3 Å². The van der Waals surface area contributed by atoms with Gasteiger partial charge in [0.2, 0.25) is 11.8 Å². The standard InChI is InChI=1S/C16H15ClN4O2S2/c1-9(15(22)19-12-5-3-11(17)4-6-12)25-16-21-20-14(23-16)7-13-8-24-10(2)18-13/h3-6,8-9H,7H2,1-2H3,(H,19,22)/t9-/m0/s1. The number of aromatic nitrogens is 3. The second kappa shape index (κ2) is 7.99. The van der Waals surface area contributed by atoms with Gasteiger partial charge < -0.3 is 9.73 Å². The molecule has 0 aliphatic carbocycles. The molecule has 3 aromatic rings. The van der Waals surface area contributed by atoms with Gasteiger partial charge >= 0.3 is 0 Å². The van der Waals surface area contributed by atoms with Crippen molar-refractivity contribution in [3.63, 3.8) is 0 Å². The summed E-state index contributed by atoms with van der Waals surface area (Å²) in [7, 11) is 0. The number of thioether (sulfide) groups is 1. The van der Waals surface area contributed by atoms with Crippen molar-refractivity contribution in [2.75, 3.05) is 5.32 Å². The SMILES string of the molecule is Cc1nc(Cc2nnc(S[C@@H](C)C(=O)Nc3ccc(Cl)cc3)o2)cs1. The third-order valence-electron chi connectivity index (χ3n) is 3.21. The van der Waals surface area contributed by atoms with Crippen LogP contribution in [0.3, 0.4) is 0 Å². The fourth-order valence-electron chi connectivity index (χ4n) is 1.98. The quantitative estimate of drug-likeness (QED) is 0.631. The number of carbonyl (C=O) groups excluding carboxylic acids is 1. The smallest absolute Gasteiger partial charge is 0.277 e. The molecule has 2 heterocycles. The maximum atomic E-state index is 12.2. The van der Waals surface area contributed by atoms with Crippen LogP contribution in [0.15, 0.2) is 39.3 Å². The number of amides is 1. The van der Waals surface area contributed by atoms with Crippen molar-refractivity contribution in [3.05, 3.63) is 51.3 Å². The third-order valence-corrected chi connectivity index (χ3v) is 5.21. The van der Waals surface area contributed by atoms with Crippen molar-refractivity contribution in [2.45, 2.75) is 30.7 Å². The zero-order chi connectivity index (χ0) is 17.8. The highest BCUT2D eigenvalue weighted by molar-refractivity contribution is 8.00. The lowest BCUT2D eigenvalue weighted by Crippen LogP contribution is -2.22. The van der Waals surface area contributed by atoms with E-state index in [-0.39, 0.29) is 11.2 Å². The van der Waals surface area contributed by atoms with Crippen molar-refractivity contribution in [1.82, 2.24) is 15.2 Å². The van der Waals surface area contributed by atoms with Crippen molar-refractivity contribution in [2.24, 2.45) is 0 Å². The molecule has 9 heteroatoms. The Labute approximate surface area is 158 Å². The number of anilines is 1. The van der Waals surface area contributed by atoms with Crippen molar-refractivity contribution >= 4 is 46.3 Å². The van der Waals surface area contributed by atoms with Gasteiger partial charge in [-0.05, 0) is 38.1 Å². The van der Waals surface area contributed by atoms with Crippen LogP contribution in [0.4, 0.5) is 5.69 Å². The van der Waals surface area contributed by atoms with E-state index in [1.807, 2.05) is 12.3 Å². The van der Waals surface area contributed by atoms with Crippen molar-refractivity contribution < 1.29 is 9.21 Å². The van der Waals surface area contributed by atoms with E-state index in [4.69, 9.17) is 16.0 Å². The topological polar surface area (TPSA) is 80.9 Å². The summed E-state index contributed by atoms with van der Waals surface area (Å²) in [4.78, 5) is 16.6. The molecule has 0 saturated heterocycles. The molecule has 0 bridgehead atoms. The molecule has 1 atom stereocenters. The third kappa shape index (κ3) is 5.04. The molecule has 0 fully saturated rings. The summed E-state index contributed by atoms with van der Waals surface area (Å²) in [5, 5.41) is 14.4. The molecule has 0 aliphatic rings. The average Bonchev–Trinajstić information content (AvgIpc) is 3.19. The Balaban J connectivity index is 1.56. The predicted octanol–water partition coefficient (Wildman–Crippen LogP) is 4.20. The summed E-state index contributed by atoms with van der Waals surface area (Å²) in [6, 6.07) is 6.94. The van der Waals surface area contributed by atoms with E-state index < -0.39 is 0 Å². The van der Waals surface area contributed by atoms with E-state index >= 15 is 0 Å². The summed E-state index contributed by atoms with van der Waals surface area (Å²) in [5.41, 5.74) is 1.59. The highest BCUT2D eigenvalue weighted by Gasteiger charge is 2.19. The van der Waals surface area contributed by atoms with Crippen LogP contribution in [0.25, 0.3) is 0 Å². The Morgan fingerprint density at radius 2 is 2.12 bits per heavy atom. The van der Waals surface area contributed by atoms with Gasteiger partial charge in [-0.25, -0.2) is 4.98 Å². The fourth-order valence-corrected chi connectivity index (χ4v) is 3.42. The van der Waals surface area contributed by atoms with Crippen molar-refractivity contribution in [3.8, 4) is 0 Å². The summed E-state index contributed by atoms with van der Waals surface area (Å²) in [5.74, 6) is 0.334. The lowest BCUT2D eigenvalue weighted by molar-refractivity contribution is -0.115. The van der Waals surface area contributed by atoms with E-state index in [1.165, 1.54) is 11.8 Å². The first-order valence-electron chi connectivity index (χ1n) is 7.46. The Morgan fingerprint density at radius 3 is 2.80 bits per heavy atom. The number of benzene rings is 1. The molecule has 0 unspecified atom stereocenters. The fraction of sp³-hybridized carbons (Fsp3) is 0.250. The lowest BCUT2D eigenvalue weighted by atomic mass is 10.3. The van der Waals surface area contributed by atoms with E-state index in [0.717, 1.165) is 10.7 Å². The second-order valence-electron chi connectivity index (χ2n) is 5.25. The monoisotopic (exact) mass is 394 g/mol. The van der Waals surface area contributed by atoms with Gasteiger partial charge in [-0.15, -0.1) is 21.5 Å². The molecule has 6 nitrogen and oxygen atoms in total. The number of halogens is 1. The minimum Gasteiger partial charge on any atom is -0.416 e. The van der Waals surface area contributed by atoms with Gasteiger partial charge in [-0.2, -0.15) is 0 Å². The minimum absolute atomic E-state index is 0.151. The molecule has 0 radical (unpaired) electrons. The van der Waals surface area contributed by atoms with E-state index in [1.54, 1.807) is 42.5 Å². The van der Waals surface area contributed by atoms with Gasteiger partial charge in [-0.3, -0.25) is 4.79 Å². The first kappa shape index (κ1) is 17.9. The van der Waals surface area contributed by atoms with E-state index in [2.05, 4.69) is 20.5 Å². The van der Waals surface area contributed by atoms with Crippen molar-refractivity contribution in [1.29, 1.82) is 0 Å². The molecule has 1 aromatic carbocycles. The number of hydrogen-bond donors (Lipinski definition) is 1. The molecule has 1 amide bonds. The molecule has 0 saturated carbocycles. The van der Waals surface area contributed by atoms with Crippen LogP contribution >= 0.6 is 34.7 Å². The number of nitrogens with one attached hydrogen (secondary N) is 1. The van der Waals surface area contributed by atoms with Crippen LogP contribution in [-0.2, 0) is 11.2 Å². The number of nitrogens with zero attached hydrogens (tertiary/aromatic N) is 3. The zero-order valence-corrected chi connectivity index (χ0v) is 15.9. The molecular formula is C16H15ClN4O2S2. The van der Waals surface area contributed by atoms with Crippen LogP contribution < -0.4 is 5.32 Å². The number of rotatable bonds is 6. The number of thiazole rings is 1. The molecule has 2 aromatic heterocycles. The summed E-state index contributed by atoms with van der Waals surface area (Å²) < 4.78 is 5.59. The lowest BCUT2D eigenvalue weighted by Gasteiger charge is -2.09. The van der Waals surface area contributed by atoms with Gasteiger partial charge in [0.25, 0.3) is 5.22 Å². The first-order valence-corrected chi connectivity index (χ1v) is 9.60. The highest BCUT2D eigenvalue weighted by atomic mass is 35.5. The average molecular weight is 395 g/mol. The Hall–Kier alpha value is -1.90. The first-order chi connectivity index (χ1) is 12.0. The summed E-state index contributed by atoms with van der Waals surface area (Å²) in [6.07, 6.45) is 0.489. The molecule has 0 spiro atoms. The molecule has 25 heavy (non-hydrogen) atoms. The highest BCUT2D eigenvalue weighted by Crippen LogP contribution is 2.24. The van der Waals surface area contributed by atoms with Crippen LogP contribution in [0.1, 0.15) is 23.5 Å². The predicted molar refractivity (Wildman–Crippen MR) is 99.4 cm³/mol. The number of hydrogen-bond acceptors (Lipinski definition) is 7. The zero-order valence-electron chi connectivity index (χ0n) is 13.5. The molecular weight excluding hydrogens is 380 g/mol. The summed E-state index contributed by atoms with van der Waals surface area (Å²) >= 11 is 8.63. The van der Waals surface area contributed by atoms with Gasteiger partial charge in [-0.1, -0.05) is 23.4 Å². The molecule has 130 valence electrons. The molecule has 1 N–H and O–H groups in total. The second-order valence-corrected chi connectivity index (χ2v) is 8.04. The van der Waals surface area contributed by atoms with Gasteiger partial charge in [0, 0.05) is 16.1 Å².